The first-order valence-corrected chi connectivity index (χ1v) is 5.87. The Morgan fingerprint density at radius 2 is 1.89 bits per heavy atom. The third-order valence-electron chi connectivity index (χ3n) is 2.85. The SMILES string of the molecule is Cc1cc(Oc2c(C)cccc2C(=N)N)ccc1F. The van der Waals surface area contributed by atoms with Crippen molar-refractivity contribution in [1.82, 2.24) is 0 Å². The van der Waals surface area contributed by atoms with E-state index in [9.17, 15) is 4.39 Å². The van der Waals surface area contributed by atoms with Crippen molar-refractivity contribution >= 4 is 5.84 Å². The fraction of sp³-hybridized carbons (Fsp3) is 0.133. The maximum Gasteiger partial charge on any atom is 0.141 e. The van der Waals surface area contributed by atoms with Gasteiger partial charge in [0.25, 0.3) is 0 Å². The van der Waals surface area contributed by atoms with Crippen molar-refractivity contribution in [2.24, 2.45) is 5.73 Å². The average Bonchev–Trinajstić information content (AvgIpc) is 2.36. The molecular weight excluding hydrogens is 243 g/mol. The van der Waals surface area contributed by atoms with Crippen molar-refractivity contribution in [3.05, 3.63) is 58.9 Å². The van der Waals surface area contributed by atoms with Crippen LogP contribution < -0.4 is 10.5 Å². The molecule has 0 spiro atoms. The Bertz CT molecular complexity index is 638. The lowest BCUT2D eigenvalue weighted by Gasteiger charge is -2.13. The van der Waals surface area contributed by atoms with Crippen molar-refractivity contribution in [3.63, 3.8) is 0 Å². The van der Waals surface area contributed by atoms with Crippen LogP contribution in [0.3, 0.4) is 0 Å². The van der Waals surface area contributed by atoms with Gasteiger partial charge in [0.05, 0.1) is 5.56 Å². The molecule has 0 saturated carbocycles. The van der Waals surface area contributed by atoms with Crippen molar-refractivity contribution in [3.8, 4) is 11.5 Å². The van der Waals surface area contributed by atoms with Crippen LogP contribution in [-0.4, -0.2) is 5.84 Å². The van der Waals surface area contributed by atoms with E-state index in [1.165, 1.54) is 6.07 Å². The molecule has 0 bridgehead atoms. The minimum Gasteiger partial charge on any atom is -0.456 e. The van der Waals surface area contributed by atoms with Gasteiger partial charge in [-0.1, -0.05) is 12.1 Å². The van der Waals surface area contributed by atoms with Gasteiger partial charge in [0.2, 0.25) is 0 Å². The lowest BCUT2D eigenvalue weighted by atomic mass is 10.1. The minimum atomic E-state index is -0.274. The van der Waals surface area contributed by atoms with Gasteiger partial charge in [-0.2, -0.15) is 0 Å². The second-order valence-electron chi connectivity index (χ2n) is 4.38. The largest absolute Gasteiger partial charge is 0.456 e. The number of hydrogen-bond donors (Lipinski definition) is 2. The predicted molar refractivity (Wildman–Crippen MR) is 73.4 cm³/mol. The highest BCUT2D eigenvalue weighted by molar-refractivity contribution is 5.98. The van der Waals surface area contributed by atoms with Gasteiger partial charge in [0.15, 0.2) is 0 Å². The summed E-state index contributed by atoms with van der Waals surface area (Å²) in [6, 6.07) is 9.94. The van der Waals surface area contributed by atoms with Crippen LogP contribution in [0.4, 0.5) is 4.39 Å². The van der Waals surface area contributed by atoms with E-state index < -0.39 is 0 Å². The van der Waals surface area contributed by atoms with Gasteiger partial charge >= 0.3 is 0 Å². The predicted octanol–water partition coefficient (Wildman–Crippen LogP) is 3.52. The molecule has 0 amide bonds. The van der Waals surface area contributed by atoms with E-state index in [1.54, 1.807) is 25.1 Å². The summed E-state index contributed by atoms with van der Waals surface area (Å²) in [6.07, 6.45) is 0. The van der Waals surface area contributed by atoms with Crippen LogP contribution in [0.25, 0.3) is 0 Å². The molecule has 0 aliphatic heterocycles. The maximum absolute atomic E-state index is 13.2. The zero-order valence-corrected chi connectivity index (χ0v) is 10.8. The molecule has 98 valence electrons. The highest BCUT2D eigenvalue weighted by Gasteiger charge is 2.11. The Hall–Kier alpha value is -2.36. The second-order valence-corrected chi connectivity index (χ2v) is 4.38. The molecular formula is C15H15FN2O. The Morgan fingerprint density at radius 3 is 2.53 bits per heavy atom. The molecule has 0 heterocycles. The van der Waals surface area contributed by atoms with Crippen LogP contribution in [0.1, 0.15) is 16.7 Å². The third-order valence-corrected chi connectivity index (χ3v) is 2.85. The molecule has 0 aliphatic rings. The highest BCUT2D eigenvalue weighted by atomic mass is 19.1. The summed E-state index contributed by atoms with van der Waals surface area (Å²) in [6.45, 7) is 3.55. The van der Waals surface area contributed by atoms with Gasteiger partial charge in [-0.3, -0.25) is 5.41 Å². The van der Waals surface area contributed by atoms with Crippen LogP contribution in [0.5, 0.6) is 11.5 Å². The smallest absolute Gasteiger partial charge is 0.141 e. The number of ether oxygens (including phenoxy) is 1. The van der Waals surface area contributed by atoms with E-state index >= 15 is 0 Å². The summed E-state index contributed by atoms with van der Waals surface area (Å²) in [5.74, 6) is 0.721. The summed E-state index contributed by atoms with van der Waals surface area (Å²) >= 11 is 0. The first kappa shape index (κ1) is 13.1. The van der Waals surface area contributed by atoms with E-state index in [0.717, 1.165) is 5.56 Å². The number of rotatable bonds is 3. The number of aryl methyl sites for hydroxylation is 2. The van der Waals surface area contributed by atoms with Gasteiger partial charge in [0, 0.05) is 0 Å². The van der Waals surface area contributed by atoms with E-state index in [1.807, 2.05) is 19.1 Å². The van der Waals surface area contributed by atoms with Gasteiger partial charge < -0.3 is 10.5 Å². The Kier molecular flexibility index (Phi) is 3.51. The Labute approximate surface area is 111 Å². The number of hydrogen-bond acceptors (Lipinski definition) is 2. The monoisotopic (exact) mass is 258 g/mol. The van der Waals surface area contributed by atoms with Crippen molar-refractivity contribution in [2.45, 2.75) is 13.8 Å². The normalized spacial score (nSPS) is 10.3. The third kappa shape index (κ3) is 2.73. The molecule has 0 aliphatic carbocycles. The lowest BCUT2D eigenvalue weighted by molar-refractivity contribution is 0.475. The van der Waals surface area contributed by atoms with Crippen LogP contribution >= 0.6 is 0 Å². The molecule has 0 radical (unpaired) electrons. The average molecular weight is 258 g/mol. The number of nitrogen functional groups attached to an aromatic ring is 1. The van der Waals surface area contributed by atoms with Gasteiger partial charge in [-0.15, -0.1) is 0 Å². The van der Waals surface area contributed by atoms with E-state index in [-0.39, 0.29) is 11.7 Å². The molecule has 0 aromatic heterocycles. The van der Waals surface area contributed by atoms with Crippen molar-refractivity contribution in [2.75, 3.05) is 0 Å². The van der Waals surface area contributed by atoms with Crippen LogP contribution in [-0.2, 0) is 0 Å². The fourth-order valence-corrected chi connectivity index (χ4v) is 1.80. The zero-order chi connectivity index (χ0) is 14.0. The number of amidine groups is 1. The molecule has 0 unspecified atom stereocenters. The number of para-hydroxylation sites is 1. The van der Waals surface area contributed by atoms with E-state index in [2.05, 4.69) is 0 Å². The minimum absolute atomic E-state index is 0.0578. The van der Waals surface area contributed by atoms with E-state index in [4.69, 9.17) is 15.9 Å². The lowest BCUT2D eigenvalue weighted by Crippen LogP contribution is -2.12. The van der Waals surface area contributed by atoms with Crippen molar-refractivity contribution < 1.29 is 9.13 Å². The first-order chi connectivity index (χ1) is 8.99. The molecule has 2 rings (SSSR count). The summed E-state index contributed by atoms with van der Waals surface area (Å²) in [7, 11) is 0. The molecule has 2 aromatic rings. The number of nitrogens with one attached hydrogen (secondary N) is 1. The van der Waals surface area contributed by atoms with Gasteiger partial charge in [0.1, 0.15) is 23.2 Å². The zero-order valence-electron chi connectivity index (χ0n) is 10.8. The Morgan fingerprint density at radius 1 is 1.16 bits per heavy atom. The maximum atomic E-state index is 13.2. The molecule has 4 heteroatoms. The van der Waals surface area contributed by atoms with E-state index in [0.29, 0.717) is 22.6 Å². The molecule has 0 fully saturated rings. The number of nitrogens with two attached hydrogens (primary N) is 1. The molecule has 0 saturated heterocycles. The van der Waals surface area contributed by atoms with Crippen molar-refractivity contribution in [1.29, 1.82) is 5.41 Å². The standard InChI is InChI=1S/C15H15FN2O/c1-9-4-3-5-12(15(17)18)14(9)19-11-6-7-13(16)10(2)8-11/h3-8H,1-2H3,(H3,17,18). The van der Waals surface area contributed by atoms with Crippen LogP contribution in [0.15, 0.2) is 36.4 Å². The van der Waals surface area contributed by atoms with Gasteiger partial charge in [-0.05, 0) is 49.2 Å². The topological polar surface area (TPSA) is 59.1 Å². The molecule has 3 N–H and O–H groups in total. The van der Waals surface area contributed by atoms with Crippen LogP contribution in [0, 0.1) is 25.1 Å². The molecule has 19 heavy (non-hydrogen) atoms. The second kappa shape index (κ2) is 5.10. The Balaban J connectivity index is 2.42. The molecule has 0 atom stereocenters. The van der Waals surface area contributed by atoms with Crippen LogP contribution in [0.2, 0.25) is 0 Å². The summed E-state index contributed by atoms with van der Waals surface area (Å²) in [5.41, 5.74) is 7.44. The molecule has 2 aromatic carbocycles. The summed E-state index contributed by atoms with van der Waals surface area (Å²) in [5, 5.41) is 7.55. The fourth-order valence-electron chi connectivity index (χ4n) is 1.80. The highest BCUT2D eigenvalue weighted by Crippen LogP contribution is 2.29. The summed E-state index contributed by atoms with van der Waals surface area (Å²) < 4.78 is 19.0. The summed E-state index contributed by atoms with van der Waals surface area (Å²) in [4.78, 5) is 0. The molecule has 3 nitrogen and oxygen atoms in total. The van der Waals surface area contributed by atoms with Gasteiger partial charge in [-0.25, -0.2) is 4.39 Å². The number of halogens is 1. The first-order valence-electron chi connectivity index (χ1n) is 5.87. The quantitative estimate of drug-likeness (QED) is 0.653. The number of benzene rings is 2.